The predicted molar refractivity (Wildman–Crippen MR) is 88.9 cm³/mol. The number of ether oxygens (including phenoxy) is 4. The first-order chi connectivity index (χ1) is 12.4. The van der Waals surface area contributed by atoms with E-state index < -0.39 is 11.9 Å². The number of methoxy groups -OCH3 is 2. The third-order valence-corrected chi connectivity index (χ3v) is 3.39. The first-order valence-electron chi connectivity index (χ1n) is 7.50. The number of carbonyl (C=O) groups is 2. The SMILES string of the molecule is COc1cc(COC(=O)C(=O)OCc2ccc(O)c(OC)c2)ccc1O. The lowest BCUT2D eigenvalue weighted by molar-refractivity contribution is -0.169. The molecule has 8 nitrogen and oxygen atoms in total. The van der Waals surface area contributed by atoms with Gasteiger partial charge in [-0.05, 0) is 35.4 Å². The van der Waals surface area contributed by atoms with Gasteiger partial charge in [-0.25, -0.2) is 9.59 Å². The highest BCUT2D eigenvalue weighted by Gasteiger charge is 2.18. The fraction of sp³-hybridized carbons (Fsp3) is 0.222. The van der Waals surface area contributed by atoms with Gasteiger partial charge in [-0.1, -0.05) is 12.1 Å². The first kappa shape index (κ1) is 18.9. The molecule has 138 valence electrons. The van der Waals surface area contributed by atoms with Crippen molar-refractivity contribution in [2.75, 3.05) is 14.2 Å². The number of hydrogen-bond acceptors (Lipinski definition) is 8. The molecule has 0 atom stereocenters. The van der Waals surface area contributed by atoms with E-state index in [-0.39, 0.29) is 36.2 Å². The smallest absolute Gasteiger partial charge is 0.417 e. The zero-order chi connectivity index (χ0) is 19.1. The second-order valence-electron chi connectivity index (χ2n) is 5.16. The standard InChI is InChI=1S/C18H18O8/c1-23-15-7-11(3-5-13(15)19)9-25-17(21)18(22)26-10-12-4-6-14(20)16(8-12)24-2/h3-8,19-20H,9-10H2,1-2H3. The molecular formula is C18H18O8. The fourth-order valence-corrected chi connectivity index (χ4v) is 2.04. The van der Waals surface area contributed by atoms with Gasteiger partial charge in [-0.2, -0.15) is 0 Å². The Labute approximate surface area is 149 Å². The van der Waals surface area contributed by atoms with Crippen LogP contribution in [0.15, 0.2) is 36.4 Å². The maximum absolute atomic E-state index is 11.7. The van der Waals surface area contributed by atoms with Crippen molar-refractivity contribution in [3.05, 3.63) is 47.5 Å². The van der Waals surface area contributed by atoms with Crippen LogP contribution in [0.1, 0.15) is 11.1 Å². The minimum absolute atomic E-state index is 0.0497. The molecule has 0 amide bonds. The summed E-state index contributed by atoms with van der Waals surface area (Å²) in [5.41, 5.74) is 1.06. The summed E-state index contributed by atoms with van der Waals surface area (Å²) in [7, 11) is 2.78. The minimum atomic E-state index is -1.15. The van der Waals surface area contributed by atoms with E-state index in [1.165, 1.54) is 50.6 Å². The molecule has 0 aromatic heterocycles. The molecule has 0 fully saturated rings. The summed E-state index contributed by atoms with van der Waals surface area (Å²) < 4.78 is 19.6. The van der Waals surface area contributed by atoms with Crippen LogP contribution in [-0.4, -0.2) is 36.4 Å². The Morgan fingerprint density at radius 3 is 1.50 bits per heavy atom. The summed E-state index contributed by atoms with van der Waals surface area (Å²) in [4.78, 5) is 23.4. The number of benzene rings is 2. The van der Waals surface area contributed by atoms with Crippen molar-refractivity contribution in [3.63, 3.8) is 0 Å². The molecule has 0 bridgehead atoms. The van der Waals surface area contributed by atoms with Crippen LogP contribution in [0.4, 0.5) is 0 Å². The highest BCUT2D eigenvalue weighted by molar-refractivity contribution is 6.29. The third kappa shape index (κ3) is 4.79. The van der Waals surface area contributed by atoms with Crippen molar-refractivity contribution in [2.45, 2.75) is 13.2 Å². The zero-order valence-electron chi connectivity index (χ0n) is 14.2. The highest BCUT2D eigenvalue weighted by atomic mass is 16.6. The van der Waals surface area contributed by atoms with Crippen LogP contribution in [0.3, 0.4) is 0 Å². The lowest BCUT2D eigenvalue weighted by Gasteiger charge is -2.09. The van der Waals surface area contributed by atoms with E-state index in [9.17, 15) is 19.8 Å². The Hall–Kier alpha value is -3.42. The molecule has 0 spiro atoms. The van der Waals surface area contributed by atoms with Crippen LogP contribution in [0.5, 0.6) is 23.0 Å². The monoisotopic (exact) mass is 362 g/mol. The van der Waals surface area contributed by atoms with Gasteiger partial charge < -0.3 is 29.2 Å². The number of rotatable bonds is 6. The summed E-state index contributed by atoms with van der Waals surface area (Å²) >= 11 is 0. The molecule has 0 unspecified atom stereocenters. The van der Waals surface area contributed by atoms with Crippen LogP contribution < -0.4 is 9.47 Å². The quantitative estimate of drug-likeness (QED) is 0.592. The van der Waals surface area contributed by atoms with Gasteiger partial charge in [0, 0.05) is 0 Å². The lowest BCUT2D eigenvalue weighted by Crippen LogP contribution is -2.20. The van der Waals surface area contributed by atoms with E-state index >= 15 is 0 Å². The number of esters is 2. The molecule has 0 saturated heterocycles. The topological polar surface area (TPSA) is 112 Å². The average Bonchev–Trinajstić information content (AvgIpc) is 2.66. The van der Waals surface area contributed by atoms with Crippen LogP contribution in [0, 0.1) is 0 Å². The predicted octanol–water partition coefficient (Wildman–Crippen LogP) is 1.90. The second kappa shape index (κ2) is 8.61. The zero-order valence-corrected chi connectivity index (χ0v) is 14.2. The van der Waals surface area contributed by atoms with Gasteiger partial charge in [0.2, 0.25) is 0 Å². The second-order valence-corrected chi connectivity index (χ2v) is 5.16. The molecule has 0 heterocycles. The molecule has 2 aromatic carbocycles. The number of phenolic OH excluding ortho intramolecular Hbond substituents is 2. The summed E-state index contributed by atoms with van der Waals surface area (Å²) in [6, 6.07) is 8.79. The number of carbonyl (C=O) groups excluding carboxylic acids is 2. The van der Waals surface area contributed by atoms with Crippen molar-refractivity contribution in [3.8, 4) is 23.0 Å². The van der Waals surface area contributed by atoms with E-state index in [1.54, 1.807) is 0 Å². The highest BCUT2D eigenvalue weighted by Crippen LogP contribution is 2.27. The van der Waals surface area contributed by atoms with Gasteiger partial charge in [-0.3, -0.25) is 0 Å². The summed E-state index contributed by atoms with van der Waals surface area (Å²) in [6.45, 7) is -0.366. The van der Waals surface area contributed by atoms with Crippen LogP contribution in [0.25, 0.3) is 0 Å². The summed E-state index contributed by atoms with van der Waals surface area (Å²) in [6.07, 6.45) is 0. The normalized spacial score (nSPS) is 10.1. The molecule has 8 heteroatoms. The number of phenols is 2. The summed E-state index contributed by atoms with van der Waals surface area (Å²) in [5, 5.41) is 19.0. The molecular weight excluding hydrogens is 344 g/mol. The summed E-state index contributed by atoms with van der Waals surface area (Å²) in [5.74, 6) is -1.95. The Balaban J connectivity index is 1.87. The fourth-order valence-electron chi connectivity index (χ4n) is 2.04. The maximum Gasteiger partial charge on any atom is 0.417 e. The Morgan fingerprint density at radius 1 is 0.769 bits per heavy atom. The molecule has 2 rings (SSSR count). The average molecular weight is 362 g/mol. The van der Waals surface area contributed by atoms with E-state index in [4.69, 9.17) is 18.9 Å². The van der Waals surface area contributed by atoms with E-state index in [1.807, 2.05) is 0 Å². The van der Waals surface area contributed by atoms with Crippen LogP contribution in [-0.2, 0) is 32.3 Å². The van der Waals surface area contributed by atoms with Gasteiger partial charge in [0.1, 0.15) is 13.2 Å². The van der Waals surface area contributed by atoms with Gasteiger partial charge in [0.15, 0.2) is 23.0 Å². The molecule has 0 aliphatic rings. The van der Waals surface area contributed by atoms with Gasteiger partial charge >= 0.3 is 11.9 Å². The van der Waals surface area contributed by atoms with Crippen molar-refractivity contribution in [1.82, 2.24) is 0 Å². The Bertz CT molecular complexity index is 732. The van der Waals surface area contributed by atoms with Crippen molar-refractivity contribution < 1.29 is 38.7 Å². The van der Waals surface area contributed by atoms with E-state index in [2.05, 4.69) is 0 Å². The molecule has 2 N–H and O–H groups in total. The largest absolute Gasteiger partial charge is 0.504 e. The van der Waals surface area contributed by atoms with Crippen LogP contribution in [0.2, 0.25) is 0 Å². The first-order valence-corrected chi connectivity index (χ1v) is 7.50. The van der Waals surface area contributed by atoms with Crippen LogP contribution >= 0.6 is 0 Å². The molecule has 0 aliphatic heterocycles. The Kier molecular flexibility index (Phi) is 6.26. The third-order valence-electron chi connectivity index (χ3n) is 3.39. The van der Waals surface area contributed by atoms with Gasteiger partial charge in [0.25, 0.3) is 0 Å². The molecule has 0 radical (unpaired) electrons. The van der Waals surface area contributed by atoms with Gasteiger partial charge in [0.05, 0.1) is 14.2 Å². The van der Waals surface area contributed by atoms with Crippen molar-refractivity contribution in [1.29, 1.82) is 0 Å². The minimum Gasteiger partial charge on any atom is -0.504 e. The maximum atomic E-state index is 11.7. The molecule has 2 aromatic rings. The van der Waals surface area contributed by atoms with E-state index in [0.717, 1.165) is 0 Å². The lowest BCUT2D eigenvalue weighted by atomic mass is 10.2. The number of aromatic hydroxyl groups is 2. The van der Waals surface area contributed by atoms with E-state index in [0.29, 0.717) is 11.1 Å². The van der Waals surface area contributed by atoms with Crippen molar-refractivity contribution in [2.24, 2.45) is 0 Å². The van der Waals surface area contributed by atoms with Gasteiger partial charge in [-0.15, -0.1) is 0 Å². The number of hydrogen-bond donors (Lipinski definition) is 2. The van der Waals surface area contributed by atoms with Crippen molar-refractivity contribution >= 4 is 11.9 Å². The molecule has 0 saturated carbocycles. The molecule has 26 heavy (non-hydrogen) atoms. The Morgan fingerprint density at radius 2 is 1.15 bits per heavy atom. The molecule has 0 aliphatic carbocycles.